The largest absolute Gasteiger partial charge is 0.396 e. The Bertz CT molecular complexity index is 545. The molecule has 5 nitrogen and oxygen atoms in total. The number of aliphatic hydroxyl groups is 1. The van der Waals surface area contributed by atoms with E-state index in [0.717, 1.165) is 24.7 Å². The Hall–Kier alpha value is -1.46. The van der Waals surface area contributed by atoms with Gasteiger partial charge in [0.05, 0.1) is 6.61 Å². The summed E-state index contributed by atoms with van der Waals surface area (Å²) in [6.07, 6.45) is 13.0. The average Bonchev–Trinajstić information content (AvgIpc) is 2.69. The van der Waals surface area contributed by atoms with Gasteiger partial charge in [0.1, 0.15) is 0 Å². The van der Waals surface area contributed by atoms with Crippen LogP contribution in [0.2, 0.25) is 0 Å². The summed E-state index contributed by atoms with van der Waals surface area (Å²) in [7, 11) is 0. The standard InChI is InChI=1S/C21H33N3O2/c25-13-10-21(26)24(15-18-6-4-11-22-14-18)17-19-7-5-12-23(16-19)20-8-2-1-3-9-20/h4,6,11,14,19-20,25H,1-3,5,7-10,12-13,15-17H2. The molecule has 2 fully saturated rings. The fourth-order valence-corrected chi connectivity index (χ4v) is 4.56. The van der Waals surface area contributed by atoms with Gasteiger partial charge in [-0.05, 0) is 49.8 Å². The maximum Gasteiger partial charge on any atom is 0.225 e. The lowest BCUT2D eigenvalue weighted by atomic mass is 9.90. The van der Waals surface area contributed by atoms with Gasteiger partial charge in [-0.3, -0.25) is 9.78 Å². The predicted octanol–water partition coefficient (Wildman–Crippen LogP) is 2.84. The van der Waals surface area contributed by atoms with E-state index in [4.69, 9.17) is 0 Å². The zero-order valence-corrected chi connectivity index (χ0v) is 15.9. The van der Waals surface area contributed by atoms with Crippen LogP contribution in [-0.4, -0.2) is 58.1 Å². The molecule has 1 aliphatic carbocycles. The molecule has 1 N–H and O–H groups in total. The van der Waals surface area contributed by atoms with Crippen molar-refractivity contribution in [3.05, 3.63) is 30.1 Å². The van der Waals surface area contributed by atoms with Crippen molar-refractivity contribution < 1.29 is 9.90 Å². The maximum atomic E-state index is 12.5. The number of carbonyl (C=O) groups excluding carboxylic acids is 1. The van der Waals surface area contributed by atoms with Gasteiger partial charge in [-0.15, -0.1) is 0 Å². The highest BCUT2D eigenvalue weighted by Crippen LogP contribution is 2.27. The minimum atomic E-state index is -0.0821. The van der Waals surface area contributed by atoms with Crippen LogP contribution in [0.3, 0.4) is 0 Å². The molecule has 1 atom stereocenters. The first-order chi connectivity index (χ1) is 12.8. The van der Waals surface area contributed by atoms with E-state index in [9.17, 15) is 9.90 Å². The van der Waals surface area contributed by atoms with Crippen LogP contribution in [0.1, 0.15) is 56.9 Å². The molecule has 2 heterocycles. The number of aromatic nitrogens is 1. The van der Waals surface area contributed by atoms with Crippen molar-refractivity contribution in [3.63, 3.8) is 0 Å². The van der Waals surface area contributed by atoms with E-state index in [1.807, 2.05) is 23.2 Å². The minimum absolute atomic E-state index is 0.0474. The smallest absolute Gasteiger partial charge is 0.225 e. The van der Waals surface area contributed by atoms with Crippen LogP contribution in [0.4, 0.5) is 0 Å². The highest BCUT2D eigenvalue weighted by molar-refractivity contribution is 5.76. The zero-order chi connectivity index (χ0) is 18.2. The number of aliphatic hydroxyl groups excluding tert-OH is 1. The van der Waals surface area contributed by atoms with Crippen molar-refractivity contribution in [2.24, 2.45) is 5.92 Å². The Morgan fingerprint density at radius 3 is 2.81 bits per heavy atom. The third-order valence-corrected chi connectivity index (χ3v) is 5.89. The normalized spacial score (nSPS) is 22.3. The van der Waals surface area contributed by atoms with Crippen LogP contribution in [-0.2, 0) is 11.3 Å². The molecular weight excluding hydrogens is 326 g/mol. The number of pyridine rings is 1. The SMILES string of the molecule is O=C(CCO)N(Cc1cccnc1)CC1CCCN(C2CCCCC2)C1. The Kier molecular flexibility index (Phi) is 7.44. The number of hydrogen-bond donors (Lipinski definition) is 1. The van der Waals surface area contributed by atoms with Crippen LogP contribution in [0.15, 0.2) is 24.5 Å². The monoisotopic (exact) mass is 359 g/mol. The van der Waals surface area contributed by atoms with E-state index in [-0.39, 0.29) is 18.9 Å². The van der Waals surface area contributed by atoms with E-state index in [0.29, 0.717) is 12.5 Å². The molecular formula is C21H33N3O2. The molecule has 1 aliphatic heterocycles. The summed E-state index contributed by atoms with van der Waals surface area (Å²) in [6, 6.07) is 4.68. The minimum Gasteiger partial charge on any atom is -0.396 e. The van der Waals surface area contributed by atoms with Gasteiger partial charge in [0.2, 0.25) is 5.91 Å². The van der Waals surface area contributed by atoms with Gasteiger partial charge in [0.25, 0.3) is 0 Å². The Morgan fingerprint density at radius 1 is 1.23 bits per heavy atom. The lowest BCUT2D eigenvalue weighted by molar-refractivity contribution is -0.133. The average molecular weight is 360 g/mol. The van der Waals surface area contributed by atoms with Crippen LogP contribution < -0.4 is 0 Å². The first kappa shape index (κ1) is 19.3. The van der Waals surface area contributed by atoms with E-state index >= 15 is 0 Å². The molecule has 5 heteroatoms. The van der Waals surface area contributed by atoms with Crippen LogP contribution in [0.25, 0.3) is 0 Å². The molecule has 26 heavy (non-hydrogen) atoms. The molecule has 1 amide bonds. The highest BCUT2D eigenvalue weighted by Gasteiger charge is 2.28. The number of hydrogen-bond acceptors (Lipinski definition) is 4. The molecule has 0 bridgehead atoms. The van der Waals surface area contributed by atoms with Crippen molar-refractivity contribution >= 4 is 5.91 Å². The number of nitrogens with zero attached hydrogens (tertiary/aromatic N) is 3. The van der Waals surface area contributed by atoms with E-state index in [2.05, 4.69) is 9.88 Å². The molecule has 1 aromatic heterocycles. The van der Waals surface area contributed by atoms with Crippen LogP contribution in [0, 0.1) is 5.92 Å². The third-order valence-electron chi connectivity index (χ3n) is 5.89. The fraction of sp³-hybridized carbons (Fsp3) is 0.714. The van der Waals surface area contributed by atoms with Crippen LogP contribution in [0.5, 0.6) is 0 Å². The second-order valence-electron chi connectivity index (χ2n) is 7.90. The number of rotatable bonds is 7. The summed E-state index contributed by atoms with van der Waals surface area (Å²) in [6.45, 7) is 3.62. The van der Waals surface area contributed by atoms with E-state index < -0.39 is 0 Å². The maximum absolute atomic E-state index is 12.5. The Labute approximate surface area is 157 Å². The van der Waals surface area contributed by atoms with Gasteiger partial charge in [-0.25, -0.2) is 0 Å². The molecule has 3 rings (SSSR count). The Morgan fingerprint density at radius 2 is 2.08 bits per heavy atom. The number of likely N-dealkylation sites (tertiary alicyclic amines) is 1. The second-order valence-corrected chi connectivity index (χ2v) is 7.90. The van der Waals surface area contributed by atoms with Gasteiger partial charge >= 0.3 is 0 Å². The number of amides is 1. The molecule has 1 unspecified atom stereocenters. The van der Waals surface area contributed by atoms with E-state index in [1.54, 1.807) is 6.20 Å². The summed E-state index contributed by atoms with van der Waals surface area (Å²) < 4.78 is 0. The predicted molar refractivity (Wildman–Crippen MR) is 103 cm³/mol. The lowest BCUT2D eigenvalue weighted by Crippen LogP contribution is -2.47. The van der Waals surface area contributed by atoms with E-state index in [1.165, 1.54) is 51.5 Å². The zero-order valence-electron chi connectivity index (χ0n) is 15.9. The molecule has 2 aliphatic rings. The molecule has 0 radical (unpaired) electrons. The lowest BCUT2D eigenvalue weighted by Gasteiger charge is -2.41. The van der Waals surface area contributed by atoms with Crippen molar-refractivity contribution in [2.45, 2.75) is 64.0 Å². The van der Waals surface area contributed by atoms with Crippen molar-refractivity contribution in [2.75, 3.05) is 26.2 Å². The number of carbonyl (C=O) groups is 1. The first-order valence-corrected chi connectivity index (χ1v) is 10.3. The molecule has 0 aromatic carbocycles. The molecule has 0 spiro atoms. The van der Waals surface area contributed by atoms with Crippen molar-refractivity contribution in [3.8, 4) is 0 Å². The molecule has 1 aromatic rings. The van der Waals surface area contributed by atoms with Gasteiger partial charge < -0.3 is 14.9 Å². The summed E-state index contributed by atoms with van der Waals surface area (Å²) in [4.78, 5) is 21.3. The van der Waals surface area contributed by atoms with Crippen molar-refractivity contribution in [1.82, 2.24) is 14.8 Å². The number of piperidine rings is 1. The van der Waals surface area contributed by atoms with Gasteiger partial charge in [-0.1, -0.05) is 25.3 Å². The second kappa shape index (κ2) is 10.0. The fourth-order valence-electron chi connectivity index (χ4n) is 4.56. The summed E-state index contributed by atoms with van der Waals surface area (Å²) in [5, 5.41) is 9.20. The van der Waals surface area contributed by atoms with Gasteiger partial charge in [0, 0.05) is 44.5 Å². The summed E-state index contributed by atoms with van der Waals surface area (Å²) >= 11 is 0. The van der Waals surface area contributed by atoms with Gasteiger partial charge in [-0.2, -0.15) is 0 Å². The highest BCUT2D eigenvalue weighted by atomic mass is 16.3. The summed E-state index contributed by atoms with van der Waals surface area (Å²) in [5.74, 6) is 0.580. The van der Waals surface area contributed by atoms with Crippen LogP contribution >= 0.6 is 0 Å². The molecule has 1 saturated carbocycles. The topological polar surface area (TPSA) is 56.7 Å². The quantitative estimate of drug-likeness (QED) is 0.813. The third kappa shape index (κ3) is 5.52. The molecule has 144 valence electrons. The Balaban J connectivity index is 1.60. The molecule has 1 saturated heterocycles. The van der Waals surface area contributed by atoms with Gasteiger partial charge in [0.15, 0.2) is 0 Å². The van der Waals surface area contributed by atoms with Crippen molar-refractivity contribution in [1.29, 1.82) is 0 Å². The first-order valence-electron chi connectivity index (χ1n) is 10.3. The summed E-state index contributed by atoms with van der Waals surface area (Å²) in [5.41, 5.74) is 1.05.